The van der Waals surface area contributed by atoms with Crippen LogP contribution in [0, 0.1) is 0 Å². The number of carbonyl (C=O) groups excluding carboxylic acids is 2. The highest BCUT2D eigenvalue weighted by Gasteiger charge is 2.24. The molecule has 10 heteroatoms. The molecule has 3 heterocycles. The molecule has 4 rings (SSSR count). The molecule has 1 amide bonds. The van der Waals surface area contributed by atoms with E-state index in [0.717, 1.165) is 36.2 Å². The molecule has 1 fully saturated rings. The average molecular weight is 556 g/mol. The number of hydrogen-bond donors (Lipinski definition) is 2. The number of benzene rings is 1. The van der Waals surface area contributed by atoms with Gasteiger partial charge in [0.1, 0.15) is 11.4 Å². The summed E-state index contributed by atoms with van der Waals surface area (Å²) < 4.78 is 11.3. The predicted octanol–water partition coefficient (Wildman–Crippen LogP) is 5.01. The van der Waals surface area contributed by atoms with Crippen molar-refractivity contribution in [1.29, 1.82) is 0 Å². The summed E-state index contributed by atoms with van der Waals surface area (Å²) in [7, 11) is 1.58. The van der Waals surface area contributed by atoms with Crippen LogP contribution in [-0.2, 0) is 9.53 Å². The monoisotopic (exact) mass is 555 g/mol. The second-order valence-corrected chi connectivity index (χ2v) is 11.2. The molecule has 0 atom stereocenters. The number of anilines is 1. The lowest BCUT2D eigenvalue weighted by Gasteiger charge is -2.35. The minimum Gasteiger partial charge on any atom is -0.480 e. The van der Waals surface area contributed by atoms with Gasteiger partial charge in [-0.1, -0.05) is 18.0 Å². The van der Waals surface area contributed by atoms with E-state index < -0.39 is 11.6 Å². The summed E-state index contributed by atoms with van der Waals surface area (Å²) in [5.74, 6) is 1.00. The standard InChI is InChI=1S/C29H38ClN5O4/c1-29(2,3)39-28(37)22-18-32-24-17-23(30)20(16-21(22)24)19-9-10-25(33-27(19)38-4)34-12-14-35(15-13-34)26(36)8-6-5-7-11-31/h9-10,16-18,32H,5-8,11-15,31H2,1-4H3. The van der Waals surface area contributed by atoms with Crippen LogP contribution in [0.1, 0.15) is 56.8 Å². The summed E-state index contributed by atoms with van der Waals surface area (Å²) in [6.07, 6.45) is 5.04. The second-order valence-electron chi connectivity index (χ2n) is 10.8. The summed E-state index contributed by atoms with van der Waals surface area (Å²) in [6, 6.07) is 7.53. The highest BCUT2D eigenvalue weighted by atomic mass is 35.5. The molecule has 1 aliphatic rings. The van der Waals surface area contributed by atoms with Crippen LogP contribution < -0.4 is 15.4 Å². The number of nitrogens with zero attached hydrogens (tertiary/aromatic N) is 3. The minimum atomic E-state index is -0.609. The van der Waals surface area contributed by atoms with Gasteiger partial charge >= 0.3 is 5.97 Å². The number of H-pyrrole nitrogens is 1. The summed E-state index contributed by atoms with van der Waals surface area (Å²) in [5.41, 5.74) is 7.53. The zero-order valence-electron chi connectivity index (χ0n) is 23.2. The molecule has 1 aromatic carbocycles. The molecule has 0 unspecified atom stereocenters. The number of esters is 1. The first-order chi connectivity index (χ1) is 18.6. The number of unbranched alkanes of at least 4 members (excludes halogenated alkanes) is 2. The summed E-state index contributed by atoms with van der Waals surface area (Å²) in [5, 5.41) is 1.21. The number of piperazine rings is 1. The molecule has 9 nitrogen and oxygen atoms in total. The van der Waals surface area contributed by atoms with E-state index in [2.05, 4.69) is 9.88 Å². The molecule has 2 aromatic heterocycles. The molecule has 3 aromatic rings. The first-order valence-corrected chi connectivity index (χ1v) is 13.8. The first kappa shape index (κ1) is 28.7. The van der Waals surface area contributed by atoms with Crippen molar-refractivity contribution in [1.82, 2.24) is 14.9 Å². The molecule has 1 aliphatic heterocycles. The van der Waals surface area contributed by atoms with Gasteiger partial charge in [0.25, 0.3) is 0 Å². The van der Waals surface area contributed by atoms with Gasteiger partial charge in [0.15, 0.2) is 0 Å². The molecule has 3 N–H and O–H groups in total. The highest BCUT2D eigenvalue weighted by molar-refractivity contribution is 6.34. The number of amides is 1. The third kappa shape index (κ3) is 6.83. The van der Waals surface area contributed by atoms with Gasteiger partial charge in [-0.3, -0.25) is 4.79 Å². The lowest BCUT2D eigenvalue weighted by atomic mass is 10.0. The van der Waals surface area contributed by atoms with Crippen molar-refractivity contribution in [2.45, 2.75) is 52.1 Å². The van der Waals surface area contributed by atoms with Crippen molar-refractivity contribution in [3.63, 3.8) is 0 Å². The molecule has 0 bridgehead atoms. The fraction of sp³-hybridized carbons (Fsp3) is 0.483. The minimum absolute atomic E-state index is 0.202. The lowest BCUT2D eigenvalue weighted by molar-refractivity contribution is -0.131. The van der Waals surface area contributed by atoms with Crippen LogP contribution in [0.3, 0.4) is 0 Å². The Balaban J connectivity index is 1.52. The van der Waals surface area contributed by atoms with E-state index in [1.807, 2.05) is 43.9 Å². The van der Waals surface area contributed by atoms with Gasteiger partial charge in [0.2, 0.25) is 11.8 Å². The number of carbonyl (C=O) groups is 2. The molecular formula is C29H38ClN5O4. The number of nitrogens with one attached hydrogen (secondary N) is 1. The number of nitrogens with two attached hydrogens (primary N) is 1. The van der Waals surface area contributed by atoms with Crippen molar-refractivity contribution in [2.24, 2.45) is 5.73 Å². The largest absolute Gasteiger partial charge is 0.480 e. The van der Waals surface area contributed by atoms with Crippen LogP contribution in [0.2, 0.25) is 5.02 Å². The van der Waals surface area contributed by atoms with Gasteiger partial charge in [0.05, 0.1) is 17.7 Å². The number of halogens is 1. The van der Waals surface area contributed by atoms with Crippen molar-refractivity contribution in [3.8, 4) is 17.0 Å². The van der Waals surface area contributed by atoms with Crippen LogP contribution >= 0.6 is 11.6 Å². The Morgan fingerprint density at radius 3 is 2.49 bits per heavy atom. The second kappa shape index (κ2) is 12.3. The molecule has 39 heavy (non-hydrogen) atoms. The molecule has 0 radical (unpaired) electrons. The predicted molar refractivity (Wildman–Crippen MR) is 155 cm³/mol. The maximum Gasteiger partial charge on any atom is 0.340 e. The Labute approximate surface area is 234 Å². The van der Waals surface area contributed by atoms with Crippen LogP contribution in [0.25, 0.3) is 22.0 Å². The van der Waals surface area contributed by atoms with Crippen molar-refractivity contribution >= 4 is 40.2 Å². The van der Waals surface area contributed by atoms with Gasteiger partial charge < -0.3 is 30.0 Å². The van der Waals surface area contributed by atoms with Gasteiger partial charge in [-0.2, -0.15) is 4.98 Å². The number of aromatic amines is 1. The quantitative estimate of drug-likeness (QED) is 0.281. The van der Waals surface area contributed by atoms with E-state index in [-0.39, 0.29) is 5.91 Å². The van der Waals surface area contributed by atoms with E-state index in [4.69, 9.17) is 31.8 Å². The molecular weight excluding hydrogens is 518 g/mol. The van der Waals surface area contributed by atoms with Gasteiger partial charge in [-0.15, -0.1) is 0 Å². The molecule has 0 aliphatic carbocycles. The average Bonchev–Trinajstić information content (AvgIpc) is 3.32. The van der Waals surface area contributed by atoms with Crippen molar-refractivity contribution < 1.29 is 19.1 Å². The van der Waals surface area contributed by atoms with Gasteiger partial charge in [-0.05, 0) is 64.4 Å². The number of hydrogen-bond acceptors (Lipinski definition) is 7. The van der Waals surface area contributed by atoms with Gasteiger partial charge in [0, 0.05) is 60.8 Å². The van der Waals surface area contributed by atoms with Gasteiger partial charge in [-0.25, -0.2) is 4.79 Å². The van der Waals surface area contributed by atoms with Crippen molar-refractivity contribution in [3.05, 3.63) is 41.0 Å². The van der Waals surface area contributed by atoms with Crippen LogP contribution in [0.5, 0.6) is 5.88 Å². The molecule has 210 valence electrons. The Bertz CT molecular complexity index is 1330. The number of fused-ring (bicyclic) bond motifs is 1. The SMILES string of the molecule is COc1nc(N2CCN(C(=O)CCCCCN)CC2)ccc1-c1cc2c(C(=O)OC(C)(C)C)c[nH]c2cc1Cl. The van der Waals surface area contributed by atoms with E-state index in [0.29, 0.717) is 66.6 Å². The summed E-state index contributed by atoms with van der Waals surface area (Å²) >= 11 is 6.68. The number of pyridine rings is 1. The zero-order valence-corrected chi connectivity index (χ0v) is 23.9. The zero-order chi connectivity index (χ0) is 28.2. The van der Waals surface area contributed by atoms with Crippen LogP contribution in [0.15, 0.2) is 30.5 Å². The summed E-state index contributed by atoms with van der Waals surface area (Å²) in [4.78, 5) is 37.3. The fourth-order valence-corrected chi connectivity index (χ4v) is 5.02. The maximum atomic E-state index is 12.8. The Hall–Kier alpha value is -3.30. The van der Waals surface area contributed by atoms with E-state index in [1.54, 1.807) is 19.4 Å². The first-order valence-electron chi connectivity index (χ1n) is 13.4. The fourth-order valence-electron chi connectivity index (χ4n) is 4.76. The topological polar surface area (TPSA) is 114 Å². The Morgan fingerprint density at radius 1 is 1.08 bits per heavy atom. The number of methoxy groups -OCH3 is 1. The van der Waals surface area contributed by atoms with Crippen LogP contribution in [0.4, 0.5) is 5.82 Å². The highest BCUT2D eigenvalue weighted by Crippen LogP contribution is 2.38. The molecule has 1 saturated heterocycles. The maximum absolute atomic E-state index is 12.8. The van der Waals surface area contributed by atoms with Crippen molar-refractivity contribution in [2.75, 3.05) is 44.7 Å². The normalized spacial score (nSPS) is 14.1. The number of rotatable bonds is 9. The smallest absolute Gasteiger partial charge is 0.340 e. The van der Waals surface area contributed by atoms with E-state index >= 15 is 0 Å². The Morgan fingerprint density at radius 2 is 1.82 bits per heavy atom. The van der Waals surface area contributed by atoms with E-state index in [9.17, 15) is 9.59 Å². The molecule has 0 saturated carbocycles. The number of ether oxygens (including phenoxy) is 2. The third-order valence-corrected chi connectivity index (χ3v) is 7.08. The summed E-state index contributed by atoms with van der Waals surface area (Å²) in [6.45, 7) is 8.88. The van der Waals surface area contributed by atoms with E-state index in [1.165, 1.54) is 0 Å². The number of aromatic nitrogens is 2. The molecule has 0 spiro atoms. The lowest BCUT2D eigenvalue weighted by Crippen LogP contribution is -2.49. The third-order valence-electron chi connectivity index (χ3n) is 6.77. The Kier molecular flexibility index (Phi) is 9.02. The van der Waals surface area contributed by atoms with Crippen LogP contribution in [-0.4, -0.2) is 72.2 Å².